The highest BCUT2D eigenvalue weighted by atomic mass is 16.5. The number of aromatic nitrogens is 4. The summed E-state index contributed by atoms with van der Waals surface area (Å²) in [6.45, 7) is 5.91. The van der Waals surface area contributed by atoms with E-state index in [0.717, 1.165) is 75.2 Å². The summed E-state index contributed by atoms with van der Waals surface area (Å²) in [4.78, 5) is 27.3. The van der Waals surface area contributed by atoms with Crippen LogP contribution in [0.5, 0.6) is 0 Å². The maximum absolute atomic E-state index is 13.7. The predicted molar refractivity (Wildman–Crippen MR) is 144 cm³/mol. The fraction of sp³-hybridized carbons (Fsp3) is 0.448. The number of carbonyl (C=O) groups is 1. The number of nitrogens with zero attached hydrogens (tertiary/aromatic N) is 6. The van der Waals surface area contributed by atoms with Crippen molar-refractivity contribution in [3.05, 3.63) is 60.0 Å². The molecule has 0 spiro atoms. The van der Waals surface area contributed by atoms with Crippen molar-refractivity contribution in [3.8, 4) is 17.4 Å². The molecule has 4 heterocycles. The molecule has 0 unspecified atom stereocenters. The van der Waals surface area contributed by atoms with Crippen LogP contribution in [-0.2, 0) is 4.74 Å². The molecule has 0 atom stereocenters. The first-order valence-corrected chi connectivity index (χ1v) is 13.6. The summed E-state index contributed by atoms with van der Waals surface area (Å²) < 4.78 is 13.3. The van der Waals surface area contributed by atoms with Crippen LogP contribution in [-0.4, -0.2) is 81.4 Å². The van der Waals surface area contributed by atoms with Crippen molar-refractivity contribution in [3.63, 3.8) is 0 Å². The second-order valence-corrected chi connectivity index (χ2v) is 10.2. The number of piperidine rings is 1. The molecule has 6 rings (SSSR count). The quantitative estimate of drug-likeness (QED) is 0.303. The van der Waals surface area contributed by atoms with Gasteiger partial charge in [-0.2, -0.15) is 5.10 Å². The average molecular weight is 515 g/mol. The van der Waals surface area contributed by atoms with Crippen LogP contribution in [0.3, 0.4) is 0 Å². The molecule has 3 aromatic heterocycles. The van der Waals surface area contributed by atoms with Gasteiger partial charge in [-0.1, -0.05) is 18.2 Å². The highest BCUT2D eigenvalue weighted by Gasteiger charge is 2.36. The van der Waals surface area contributed by atoms with Crippen molar-refractivity contribution in [1.82, 2.24) is 29.5 Å². The maximum atomic E-state index is 13.7. The van der Waals surface area contributed by atoms with Gasteiger partial charge in [0.15, 0.2) is 5.76 Å². The Hall–Kier alpha value is -3.56. The Morgan fingerprint density at radius 2 is 1.97 bits per heavy atom. The molecule has 1 aliphatic heterocycles. The number of para-hydroxylation sites is 1. The number of fused-ring (bicyclic) bond motifs is 1. The summed E-state index contributed by atoms with van der Waals surface area (Å²) in [5, 5.41) is 5.64. The van der Waals surface area contributed by atoms with Crippen LogP contribution in [0.2, 0.25) is 0 Å². The summed E-state index contributed by atoms with van der Waals surface area (Å²) >= 11 is 0. The average Bonchev–Trinajstić information content (AvgIpc) is 3.54. The van der Waals surface area contributed by atoms with Gasteiger partial charge in [0, 0.05) is 49.8 Å². The summed E-state index contributed by atoms with van der Waals surface area (Å²) in [6.07, 6.45) is 7.43. The van der Waals surface area contributed by atoms with E-state index in [1.165, 1.54) is 0 Å². The van der Waals surface area contributed by atoms with Crippen LogP contribution < -0.4 is 0 Å². The molecule has 1 saturated carbocycles. The van der Waals surface area contributed by atoms with E-state index in [0.29, 0.717) is 34.9 Å². The molecule has 38 heavy (non-hydrogen) atoms. The number of ether oxygens (including phenoxy) is 1. The zero-order chi connectivity index (χ0) is 26.1. The number of furan rings is 1. The van der Waals surface area contributed by atoms with E-state index in [2.05, 4.69) is 22.0 Å². The lowest BCUT2D eigenvalue weighted by Crippen LogP contribution is -2.46. The highest BCUT2D eigenvalue weighted by Crippen LogP contribution is 2.42. The van der Waals surface area contributed by atoms with Gasteiger partial charge >= 0.3 is 0 Å². The summed E-state index contributed by atoms with van der Waals surface area (Å²) in [5.41, 5.74) is 3.10. The van der Waals surface area contributed by atoms with Crippen LogP contribution in [0, 0.1) is 0 Å². The molecule has 0 bridgehead atoms. The summed E-state index contributed by atoms with van der Waals surface area (Å²) in [7, 11) is 2.15. The fourth-order valence-electron chi connectivity index (χ4n) is 5.34. The minimum atomic E-state index is 0.0574. The van der Waals surface area contributed by atoms with Crippen LogP contribution in [0.15, 0.2) is 53.2 Å². The molecule has 0 N–H and O–H groups in total. The lowest BCUT2D eigenvalue weighted by atomic mass is 10.0. The highest BCUT2D eigenvalue weighted by molar-refractivity contribution is 5.95. The zero-order valence-corrected chi connectivity index (χ0v) is 22.0. The lowest BCUT2D eigenvalue weighted by Gasteiger charge is -2.36. The van der Waals surface area contributed by atoms with Gasteiger partial charge in [0.2, 0.25) is 0 Å². The molecule has 1 aliphatic carbocycles. The summed E-state index contributed by atoms with van der Waals surface area (Å²) in [5.74, 6) is 1.50. The van der Waals surface area contributed by atoms with Gasteiger partial charge < -0.3 is 19.0 Å². The number of rotatable bonds is 9. The van der Waals surface area contributed by atoms with Crippen molar-refractivity contribution in [2.24, 2.45) is 0 Å². The Morgan fingerprint density at radius 1 is 1.16 bits per heavy atom. The first-order valence-electron chi connectivity index (χ1n) is 13.6. The molecular formula is C29H34N6O3. The molecule has 0 radical (unpaired) electrons. The normalized spacial score (nSPS) is 16.6. The molecule has 198 valence electrons. The molecule has 1 saturated heterocycles. The smallest absolute Gasteiger partial charge is 0.257 e. The van der Waals surface area contributed by atoms with E-state index in [-0.39, 0.29) is 5.91 Å². The SMILES string of the molecule is CCOCCN(C)C1CCN(C(=O)c2cnn(-c3nccc(-c4cc5ccccc5o4)n3)c2C2CC2)CC1. The third kappa shape index (κ3) is 4.96. The van der Waals surface area contributed by atoms with Crippen LogP contribution in [0.4, 0.5) is 0 Å². The van der Waals surface area contributed by atoms with E-state index in [9.17, 15) is 4.79 Å². The van der Waals surface area contributed by atoms with Gasteiger partial charge in [0.25, 0.3) is 11.9 Å². The zero-order valence-electron chi connectivity index (χ0n) is 22.0. The molecule has 1 aromatic carbocycles. The second-order valence-electron chi connectivity index (χ2n) is 10.2. The van der Waals surface area contributed by atoms with Gasteiger partial charge in [-0.3, -0.25) is 4.79 Å². The van der Waals surface area contributed by atoms with Crippen LogP contribution >= 0.6 is 0 Å². The van der Waals surface area contributed by atoms with Crippen molar-refractivity contribution < 1.29 is 13.9 Å². The Morgan fingerprint density at radius 3 is 2.74 bits per heavy atom. The van der Waals surface area contributed by atoms with Crippen molar-refractivity contribution in [2.45, 2.75) is 44.6 Å². The Labute approximate surface area is 222 Å². The van der Waals surface area contributed by atoms with Crippen molar-refractivity contribution in [1.29, 1.82) is 0 Å². The number of amides is 1. The van der Waals surface area contributed by atoms with Gasteiger partial charge in [-0.15, -0.1) is 0 Å². The first-order chi connectivity index (χ1) is 18.6. The Balaban J connectivity index is 1.21. The number of hydrogen-bond donors (Lipinski definition) is 0. The number of likely N-dealkylation sites (N-methyl/N-ethyl adjacent to an activating group) is 1. The number of hydrogen-bond acceptors (Lipinski definition) is 7. The monoisotopic (exact) mass is 514 g/mol. The largest absolute Gasteiger partial charge is 0.454 e. The lowest BCUT2D eigenvalue weighted by molar-refractivity contribution is 0.0587. The standard InChI is InChI=1S/C29H34N6O3/c1-3-37-17-16-33(2)22-11-14-34(15-12-22)28(36)23-19-31-35(27(23)20-8-9-20)29-30-13-10-24(32-29)26-18-21-6-4-5-7-25(21)38-26/h4-7,10,13,18-20,22H,3,8-9,11-12,14-17H2,1-2H3. The van der Waals surface area contributed by atoms with Crippen molar-refractivity contribution in [2.75, 3.05) is 39.9 Å². The third-order valence-corrected chi connectivity index (χ3v) is 7.68. The van der Waals surface area contributed by atoms with E-state index in [1.54, 1.807) is 17.1 Å². The van der Waals surface area contributed by atoms with Gasteiger partial charge in [0.1, 0.15) is 11.3 Å². The summed E-state index contributed by atoms with van der Waals surface area (Å²) in [6, 6.07) is 12.2. The Bertz CT molecular complexity index is 1380. The van der Waals surface area contributed by atoms with E-state index < -0.39 is 0 Å². The second kappa shape index (κ2) is 10.7. The predicted octanol–water partition coefficient (Wildman–Crippen LogP) is 4.53. The fourth-order valence-corrected chi connectivity index (χ4v) is 5.34. The molecule has 9 nitrogen and oxygen atoms in total. The Kier molecular flexibility index (Phi) is 6.95. The molecular weight excluding hydrogens is 480 g/mol. The van der Waals surface area contributed by atoms with Crippen molar-refractivity contribution >= 4 is 16.9 Å². The van der Waals surface area contributed by atoms with E-state index in [4.69, 9.17) is 14.1 Å². The van der Waals surface area contributed by atoms with Gasteiger partial charge in [-0.05, 0) is 57.9 Å². The first kappa shape index (κ1) is 24.8. The minimum absolute atomic E-state index is 0.0574. The number of benzene rings is 1. The topological polar surface area (TPSA) is 89.5 Å². The number of carbonyl (C=O) groups excluding carboxylic acids is 1. The molecule has 1 amide bonds. The molecule has 9 heteroatoms. The molecule has 4 aromatic rings. The van der Waals surface area contributed by atoms with Gasteiger partial charge in [0.05, 0.1) is 24.1 Å². The molecule has 2 fully saturated rings. The minimum Gasteiger partial charge on any atom is -0.454 e. The maximum Gasteiger partial charge on any atom is 0.257 e. The van der Waals surface area contributed by atoms with E-state index in [1.807, 2.05) is 48.2 Å². The van der Waals surface area contributed by atoms with Crippen LogP contribution in [0.1, 0.15) is 54.6 Å². The van der Waals surface area contributed by atoms with Crippen LogP contribution in [0.25, 0.3) is 28.4 Å². The molecule has 2 aliphatic rings. The van der Waals surface area contributed by atoms with Gasteiger partial charge in [-0.25, -0.2) is 14.6 Å². The number of likely N-dealkylation sites (tertiary alicyclic amines) is 1. The van der Waals surface area contributed by atoms with E-state index >= 15 is 0 Å². The third-order valence-electron chi connectivity index (χ3n) is 7.68.